The zero-order valence-corrected chi connectivity index (χ0v) is 20.6. The third kappa shape index (κ3) is 4.54. The van der Waals surface area contributed by atoms with Crippen molar-refractivity contribution in [3.63, 3.8) is 0 Å². The maximum absolute atomic E-state index is 15.6. The standard InChI is InChI=1S/C24H23F2N5O4S/c1-30(2)24(33)13-5-4-6-31(12-13)23-16(25)8-18-21(22(23)26)19(32)9-17(29-18)15-7-14(10-27)28-11-20(15)36(3,34)35/h7-9,11,13H,4-6,12H2,1-3H3,(H,29,32). The lowest BCUT2D eigenvalue weighted by Gasteiger charge is -2.35. The number of carbonyl (C=O) groups is 1. The topological polar surface area (TPSA) is 127 Å². The third-order valence-electron chi connectivity index (χ3n) is 6.18. The summed E-state index contributed by atoms with van der Waals surface area (Å²) in [5, 5.41) is 8.78. The van der Waals surface area contributed by atoms with Crippen molar-refractivity contribution in [3.8, 4) is 17.3 Å². The lowest BCUT2D eigenvalue weighted by molar-refractivity contribution is -0.133. The summed E-state index contributed by atoms with van der Waals surface area (Å²) in [5.41, 5.74) is -1.52. The molecule has 9 nitrogen and oxygen atoms in total. The van der Waals surface area contributed by atoms with Crippen LogP contribution in [0.2, 0.25) is 0 Å². The van der Waals surface area contributed by atoms with E-state index >= 15 is 8.78 Å². The van der Waals surface area contributed by atoms with Gasteiger partial charge < -0.3 is 14.8 Å². The highest BCUT2D eigenvalue weighted by Crippen LogP contribution is 2.34. The molecule has 0 radical (unpaired) electrons. The summed E-state index contributed by atoms with van der Waals surface area (Å²) < 4.78 is 55.4. The number of aromatic amines is 1. The van der Waals surface area contributed by atoms with Crippen LogP contribution in [-0.2, 0) is 14.6 Å². The Morgan fingerprint density at radius 1 is 1.28 bits per heavy atom. The summed E-state index contributed by atoms with van der Waals surface area (Å²) in [6, 6.07) is 4.96. The largest absolute Gasteiger partial charge is 0.366 e. The SMILES string of the molecule is CN(C)C(=O)C1CCCN(c2c(F)cc3[nH]c(-c4cc(C#N)ncc4S(C)(=O)=O)cc(=O)c3c2F)C1. The second kappa shape index (κ2) is 9.31. The summed E-state index contributed by atoms with van der Waals surface area (Å²) >= 11 is 0. The predicted octanol–water partition coefficient (Wildman–Crippen LogP) is 2.45. The van der Waals surface area contributed by atoms with Crippen molar-refractivity contribution in [2.75, 3.05) is 38.3 Å². The van der Waals surface area contributed by atoms with Crippen LogP contribution in [0.15, 0.2) is 34.1 Å². The highest BCUT2D eigenvalue weighted by molar-refractivity contribution is 7.90. The monoisotopic (exact) mass is 515 g/mol. The number of sulfone groups is 1. The fourth-order valence-corrected chi connectivity index (χ4v) is 5.34. The number of anilines is 1. The molecule has 1 saturated heterocycles. The molecule has 36 heavy (non-hydrogen) atoms. The molecule has 1 unspecified atom stereocenters. The molecule has 1 amide bonds. The van der Waals surface area contributed by atoms with Crippen molar-refractivity contribution in [1.29, 1.82) is 5.26 Å². The van der Waals surface area contributed by atoms with Crippen molar-refractivity contribution in [3.05, 3.63) is 51.9 Å². The Morgan fingerprint density at radius 2 is 2.00 bits per heavy atom. The summed E-state index contributed by atoms with van der Waals surface area (Å²) in [5.74, 6) is -2.56. The number of aromatic nitrogens is 2. The Kier molecular flexibility index (Phi) is 6.53. The van der Waals surface area contributed by atoms with E-state index in [0.717, 1.165) is 24.6 Å². The zero-order chi connectivity index (χ0) is 26.4. The fourth-order valence-electron chi connectivity index (χ4n) is 4.52. The minimum atomic E-state index is -3.81. The number of hydrogen-bond donors (Lipinski definition) is 1. The number of rotatable bonds is 4. The first-order valence-corrected chi connectivity index (χ1v) is 12.9. The van der Waals surface area contributed by atoms with Gasteiger partial charge in [-0.1, -0.05) is 0 Å². The highest BCUT2D eigenvalue weighted by Gasteiger charge is 2.31. The molecule has 1 aliphatic heterocycles. The maximum Gasteiger partial charge on any atom is 0.226 e. The van der Waals surface area contributed by atoms with Crippen molar-refractivity contribution in [2.45, 2.75) is 17.7 Å². The minimum absolute atomic E-state index is 0.0194. The number of halogens is 2. The van der Waals surface area contributed by atoms with Gasteiger partial charge in [0.05, 0.1) is 27.4 Å². The number of pyridine rings is 2. The van der Waals surface area contributed by atoms with Gasteiger partial charge in [-0.05, 0) is 18.9 Å². The van der Waals surface area contributed by atoms with Crippen molar-refractivity contribution in [1.82, 2.24) is 14.9 Å². The maximum atomic E-state index is 15.6. The third-order valence-corrected chi connectivity index (χ3v) is 7.31. The molecule has 0 saturated carbocycles. The van der Waals surface area contributed by atoms with E-state index in [1.165, 1.54) is 15.9 Å². The Hall–Kier alpha value is -3.85. The van der Waals surface area contributed by atoms with Crippen LogP contribution in [0.5, 0.6) is 0 Å². The van der Waals surface area contributed by atoms with E-state index in [0.29, 0.717) is 19.4 Å². The summed E-state index contributed by atoms with van der Waals surface area (Å²) in [6.45, 7) is 0.427. The molecule has 1 atom stereocenters. The van der Waals surface area contributed by atoms with E-state index in [2.05, 4.69) is 9.97 Å². The summed E-state index contributed by atoms with van der Waals surface area (Å²) in [7, 11) is -0.572. The number of nitrogens with zero attached hydrogens (tertiary/aromatic N) is 4. The van der Waals surface area contributed by atoms with Gasteiger partial charge in [-0.2, -0.15) is 5.26 Å². The first-order chi connectivity index (χ1) is 16.9. The molecule has 1 aliphatic rings. The number of carbonyl (C=O) groups excluding carboxylic acids is 1. The van der Waals surface area contributed by atoms with Crippen molar-refractivity contribution < 1.29 is 22.0 Å². The minimum Gasteiger partial charge on any atom is -0.366 e. The zero-order valence-electron chi connectivity index (χ0n) is 19.8. The average molecular weight is 516 g/mol. The Labute approximate surface area is 205 Å². The molecule has 0 spiro atoms. The molecular weight excluding hydrogens is 492 g/mol. The molecular formula is C24H23F2N5O4S. The Morgan fingerprint density at radius 3 is 2.64 bits per heavy atom. The van der Waals surface area contributed by atoms with E-state index in [1.807, 2.05) is 0 Å². The van der Waals surface area contributed by atoms with Gasteiger partial charge in [0.15, 0.2) is 26.9 Å². The van der Waals surface area contributed by atoms with E-state index in [4.69, 9.17) is 0 Å². The van der Waals surface area contributed by atoms with Crippen LogP contribution in [0.3, 0.4) is 0 Å². The number of hydrogen-bond acceptors (Lipinski definition) is 7. The van der Waals surface area contributed by atoms with Crippen molar-refractivity contribution in [2.24, 2.45) is 5.92 Å². The van der Waals surface area contributed by atoms with Crippen molar-refractivity contribution >= 4 is 32.3 Å². The number of piperidine rings is 1. The molecule has 4 rings (SSSR count). The van der Waals surface area contributed by atoms with Crippen LogP contribution in [0.25, 0.3) is 22.2 Å². The number of nitrogens with one attached hydrogen (secondary N) is 1. The Balaban J connectivity index is 1.86. The normalized spacial score (nSPS) is 16.1. The predicted molar refractivity (Wildman–Crippen MR) is 129 cm³/mol. The van der Waals surface area contributed by atoms with Crippen LogP contribution in [0, 0.1) is 28.9 Å². The van der Waals surface area contributed by atoms with Gasteiger partial charge in [-0.3, -0.25) is 9.59 Å². The molecule has 2 aromatic heterocycles. The smallest absolute Gasteiger partial charge is 0.226 e. The van der Waals surface area contributed by atoms with Gasteiger partial charge in [0.2, 0.25) is 5.91 Å². The van der Waals surface area contributed by atoms with Crippen LogP contribution in [0.4, 0.5) is 14.5 Å². The lowest BCUT2D eigenvalue weighted by Crippen LogP contribution is -2.43. The van der Waals surface area contributed by atoms with E-state index in [1.54, 1.807) is 20.2 Å². The molecule has 1 N–H and O–H groups in total. The van der Waals surface area contributed by atoms with E-state index in [-0.39, 0.29) is 45.5 Å². The average Bonchev–Trinajstić information content (AvgIpc) is 2.82. The van der Waals surface area contributed by atoms with Crippen LogP contribution in [-0.4, -0.2) is 62.6 Å². The first-order valence-electron chi connectivity index (χ1n) is 11.0. The van der Waals surface area contributed by atoms with Crippen LogP contribution < -0.4 is 10.3 Å². The summed E-state index contributed by atoms with van der Waals surface area (Å²) in [6.07, 6.45) is 3.08. The second-order valence-corrected chi connectivity index (χ2v) is 10.9. The molecule has 0 bridgehead atoms. The fraction of sp³-hybridized carbons (Fsp3) is 0.333. The molecule has 1 fully saturated rings. The van der Waals surface area contributed by atoms with Gasteiger partial charge >= 0.3 is 0 Å². The highest BCUT2D eigenvalue weighted by atomic mass is 32.2. The summed E-state index contributed by atoms with van der Waals surface area (Å²) in [4.78, 5) is 34.6. The lowest BCUT2D eigenvalue weighted by atomic mass is 9.96. The molecule has 12 heteroatoms. The van der Waals surface area contributed by atoms with Gasteiger partial charge in [0.1, 0.15) is 17.5 Å². The second-order valence-electron chi connectivity index (χ2n) is 8.96. The molecule has 3 heterocycles. The molecule has 1 aromatic carbocycles. The van der Waals surface area contributed by atoms with Gasteiger partial charge in [-0.15, -0.1) is 0 Å². The molecule has 3 aromatic rings. The first kappa shape index (κ1) is 25.2. The molecule has 188 valence electrons. The Bertz CT molecular complexity index is 1590. The van der Waals surface area contributed by atoms with Gasteiger partial charge in [0.25, 0.3) is 0 Å². The van der Waals surface area contributed by atoms with E-state index < -0.39 is 38.2 Å². The number of amides is 1. The van der Waals surface area contributed by atoms with Crippen LogP contribution >= 0.6 is 0 Å². The number of fused-ring (bicyclic) bond motifs is 1. The number of nitriles is 1. The van der Waals surface area contributed by atoms with E-state index in [9.17, 15) is 23.3 Å². The number of benzene rings is 1. The van der Waals surface area contributed by atoms with Gasteiger partial charge in [-0.25, -0.2) is 22.2 Å². The van der Waals surface area contributed by atoms with Gasteiger partial charge in [0, 0.05) is 57.3 Å². The molecule has 0 aliphatic carbocycles. The van der Waals surface area contributed by atoms with Crippen LogP contribution in [0.1, 0.15) is 18.5 Å². The quantitative estimate of drug-likeness (QED) is 0.565. The number of H-pyrrole nitrogens is 1.